The molecule has 1 rings (SSSR count). The van der Waals surface area contributed by atoms with E-state index in [4.69, 9.17) is 4.52 Å². The monoisotopic (exact) mass is 268 g/mol. The van der Waals surface area contributed by atoms with Crippen LogP contribution >= 0.6 is 0 Å². The molecule has 0 bridgehead atoms. The summed E-state index contributed by atoms with van der Waals surface area (Å²) < 4.78 is 4.98. The first-order chi connectivity index (χ1) is 8.68. The molecule has 2 N–H and O–H groups in total. The zero-order valence-corrected chi connectivity index (χ0v) is 11.9. The lowest BCUT2D eigenvalue weighted by atomic mass is 9.86. The molecule has 0 aromatic carbocycles. The molecule has 0 aliphatic rings. The summed E-state index contributed by atoms with van der Waals surface area (Å²) >= 11 is 0. The van der Waals surface area contributed by atoms with Crippen LogP contribution in [-0.2, 0) is 11.2 Å². The van der Waals surface area contributed by atoms with Crippen molar-refractivity contribution in [2.45, 2.75) is 47.1 Å². The third-order valence-corrected chi connectivity index (χ3v) is 2.88. The quantitative estimate of drug-likeness (QED) is 0.868. The highest BCUT2D eigenvalue weighted by Crippen LogP contribution is 2.21. The van der Waals surface area contributed by atoms with E-state index in [2.05, 4.69) is 10.5 Å². The van der Waals surface area contributed by atoms with E-state index in [0.29, 0.717) is 23.4 Å². The Hall–Kier alpha value is -1.85. The highest BCUT2D eigenvalue weighted by Gasteiger charge is 2.34. The molecule has 1 amide bonds. The molecular formula is C13H20N2O4. The van der Waals surface area contributed by atoms with Crippen LogP contribution in [-0.4, -0.2) is 28.2 Å². The van der Waals surface area contributed by atoms with Gasteiger partial charge in [-0.05, 0) is 18.8 Å². The average Bonchev–Trinajstić information content (AvgIpc) is 2.65. The van der Waals surface area contributed by atoms with Crippen LogP contribution in [0.5, 0.6) is 0 Å². The maximum Gasteiger partial charge on any atom is 0.326 e. The molecule has 0 radical (unpaired) electrons. The lowest BCUT2D eigenvalue weighted by molar-refractivity contribution is -0.142. The fourth-order valence-corrected chi connectivity index (χ4v) is 1.80. The molecule has 0 aliphatic carbocycles. The van der Waals surface area contributed by atoms with Crippen molar-refractivity contribution in [1.82, 2.24) is 10.5 Å². The Bertz CT molecular complexity index is 485. The molecule has 1 heterocycles. The molecule has 1 aromatic rings. The van der Waals surface area contributed by atoms with Gasteiger partial charge in [0.15, 0.2) is 0 Å². The topological polar surface area (TPSA) is 92.4 Å². The number of carboxylic acids is 1. The molecule has 6 heteroatoms. The molecule has 0 fully saturated rings. The Morgan fingerprint density at radius 1 is 1.42 bits per heavy atom. The van der Waals surface area contributed by atoms with Gasteiger partial charge in [0, 0.05) is 0 Å². The number of nitrogens with zero attached hydrogens (tertiary/aromatic N) is 1. The summed E-state index contributed by atoms with van der Waals surface area (Å²) in [5, 5.41) is 15.5. The third-order valence-electron chi connectivity index (χ3n) is 2.88. The number of carbonyl (C=O) groups is 2. The van der Waals surface area contributed by atoms with Crippen LogP contribution < -0.4 is 5.32 Å². The fourth-order valence-electron chi connectivity index (χ4n) is 1.80. The van der Waals surface area contributed by atoms with Gasteiger partial charge in [-0.2, -0.15) is 0 Å². The first-order valence-corrected chi connectivity index (χ1v) is 6.17. The molecule has 106 valence electrons. The van der Waals surface area contributed by atoms with Gasteiger partial charge in [0.05, 0.1) is 5.69 Å². The molecule has 0 aliphatic heterocycles. The summed E-state index contributed by atoms with van der Waals surface area (Å²) in [5.41, 5.74) is 0.282. The van der Waals surface area contributed by atoms with Gasteiger partial charge in [-0.25, -0.2) is 4.79 Å². The van der Waals surface area contributed by atoms with Crippen LogP contribution in [0.3, 0.4) is 0 Å². The van der Waals surface area contributed by atoms with Crippen LogP contribution in [0, 0.1) is 12.3 Å². The smallest absolute Gasteiger partial charge is 0.326 e. The number of aryl methyl sites for hydroxylation is 2. The van der Waals surface area contributed by atoms with Gasteiger partial charge in [0.2, 0.25) is 0 Å². The number of aromatic nitrogens is 1. The van der Waals surface area contributed by atoms with Gasteiger partial charge >= 0.3 is 5.97 Å². The van der Waals surface area contributed by atoms with E-state index in [1.165, 1.54) is 0 Å². The van der Waals surface area contributed by atoms with Gasteiger partial charge in [-0.15, -0.1) is 0 Å². The first kappa shape index (κ1) is 15.2. The molecule has 1 atom stereocenters. The van der Waals surface area contributed by atoms with Crippen molar-refractivity contribution in [3.05, 3.63) is 17.0 Å². The lowest BCUT2D eigenvalue weighted by Crippen LogP contribution is -2.49. The highest BCUT2D eigenvalue weighted by atomic mass is 16.5. The number of hydrogen-bond acceptors (Lipinski definition) is 4. The SMILES string of the molecule is CCc1noc(C)c1C(=O)NC(C(=O)O)C(C)(C)C. The number of rotatable bonds is 4. The molecule has 0 spiro atoms. The predicted octanol–water partition coefficient (Wildman–Crippen LogP) is 1.77. The molecule has 19 heavy (non-hydrogen) atoms. The second-order valence-electron chi connectivity index (χ2n) is 5.52. The average molecular weight is 268 g/mol. The number of hydrogen-bond donors (Lipinski definition) is 2. The van der Waals surface area contributed by atoms with Crippen LogP contribution in [0.25, 0.3) is 0 Å². The van der Waals surface area contributed by atoms with Gasteiger partial charge in [-0.3, -0.25) is 4.79 Å². The van der Waals surface area contributed by atoms with Crippen LogP contribution in [0.15, 0.2) is 4.52 Å². The van der Waals surface area contributed by atoms with Crippen molar-refractivity contribution in [2.24, 2.45) is 5.41 Å². The van der Waals surface area contributed by atoms with E-state index in [-0.39, 0.29) is 0 Å². The van der Waals surface area contributed by atoms with Crippen LogP contribution in [0.4, 0.5) is 0 Å². The van der Waals surface area contributed by atoms with Crippen LogP contribution in [0.2, 0.25) is 0 Å². The zero-order chi connectivity index (χ0) is 14.8. The van der Waals surface area contributed by atoms with Crippen molar-refractivity contribution < 1.29 is 19.2 Å². The molecule has 0 saturated carbocycles. The standard InChI is InChI=1S/C13H20N2O4/c1-6-8-9(7(2)19-15-8)11(16)14-10(12(17)18)13(3,4)5/h10H,6H2,1-5H3,(H,14,16)(H,17,18). The molecule has 0 saturated heterocycles. The highest BCUT2D eigenvalue weighted by molar-refractivity contribution is 5.98. The summed E-state index contributed by atoms with van der Waals surface area (Å²) in [6.45, 7) is 8.76. The zero-order valence-electron chi connectivity index (χ0n) is 11.9. The molecule has 1 aromatic heterocycles. The normalized spacial score (nSPS) is 13.1. The van der Waals surface area contributed by atoms with E-state index in [1.54, 1.807) is 27.7 Å². The minimum absolute atomic E-state index is 0.331. The van der Waals surface area contributed by atoms with Crippen LogP contribution in [0.1, 0.15) is 49.5 Å². The summed E-state index contributed by atoms with van der Waals surface area (Å²) in [6.07, 6.45) is 0.549. The largest absolute Gasteiger partial charge is 0.480 e. The van der Waals surface area contributed by atoms with Crippen molar-refractivity contribution in [1.29, 1.82) is 0 Å². The maximum absolute atomic E-state index is 12.2. The van der Waals surface area contributed by atoms with Crippen molar-refractivity contribution in [2.75, 3.05) is 0 Å². The van der Waals surface area contributed by atoms with E-state index < -0.39 is 23.3 Å². The second kappa shape index (κ2) is 5.42. The number of carboxylic acid groups (broad SMARTS) is 1. The number of amides is 1. The minimum Gasteiger partial charge on any atom is -0.480 e. The Kier molecular flexibility index (Phi) is 4.34. The molecule has 6 nitrogen and oxygen atoms in total. The van der Waals surface area contributed by atoms with Gasteiger partial charge in [0.1, 0.15) is 17.4 Å². The predicted molar refractivity (Wildman–Crippen MR) is 69.0 cm³/mol. The van der Waals surface area contributed by atoms with E-state index in [1.807, 2.05) is 6.92 Å². The van der Waals surface area contributed by atoms with E-state index >= 15 is 0 Å². The number of nitrogens with one attached hydrogen (secondary N) is 1. The Morgan fingerprint density at radius 3 is 2.42 bits per heavy atom. The third kappa shape index (κ3) is 3.33. The lowest BCUT2D eigenvalue weighted by Gasteiger charge is -2.27. The van der Waals surface area contributed by atoms with E-state index in [9.17, 15) is 14.7 Å². The summed E-state index contributed by atoms with van der Waals surface area (Å²) in [4.78, 5) is 23.4. The van der Waals surface area contributed by atoms with Gasteiger partial charge < -0.3 is 14.9 Å². The summed E-state index contributed by atoms with van der Waals surface area (Å²) in [7, 11) is 0. The maximum atomic E-state index is 12.2. The van der Waals surface area contributed by atoms with Gasteiger partial charge in [-0.1, -0.05) is 32.9 Å². The molecule has 1 unspecified atom stereocenters. The number of carbonyl (C=O) groups excluding carboxylic acids is 1. The van der Waals surface area contributed by atoms with Crippen molar-refractivity contribution >= 4 is 11.9 Å². The number of aliphatic carboxylic acids is 1. The first-order valence-electron chi connectivity index (χ1n) is 6.17. The van der Waals surface area contributed by atoms with Crippen molar-refractivity contribution in [3.63, 3.8) is 0 Å². The minimum atomic E-state index is -1.06. The molecular weight excluding hydrogens is 248 g/mol. The van der Waals surface area contributed by atoms with Crippen molar-refractivity contribution in [3.8, 4) is 0 Å². The fraction of sp³-hybridized carbons (Fsp3) is 0.615. The summed E-state index contributed by atoms with van der Waals surface area (Å²) in [5.74, 6) is -1.13. The Morgan fingerprint density at radius 2 is 2.00 bits per heavy atom. The van der Waals surface area contributed by atoms with E-state index in [0.717, 1.165) is 0 Å². The van der Waals surface area contributed by atoms with Gasteiger partial charge in [0.25, 0.3) is 5.91 Å². The second-order valence-corrected chi connectivity index (χ2v) is 5.52. The summed E-state index contributed by atoms with van der Waals surface area (Å²) in [6, 6.07) is -0.973. The Balaban J connectivity index is 3.01. The Labute approximate surface area is 112 Å².